The Morgan fingerprint density at radius 2 is 0.594 bits per heavy atom. The Hall–Kier alpha value is -5.23. The molecule has 0 saturated heterocycles. The molecular formula is C63H94O6. The number of rotatable bonds is 45. The van der Waals surface area contributed by atoms with Crippen LogP contribution in [-0.4, -0.2) is 37.2 Å². The van der Waals surface area contributed by atoms with Crippen LogP contribution in [0.3, 0.4) is 0 Å². The van der Waals surface area contributed by atoms with Crippen LogP contribution in [0.25, 0.3) is 0 Å². The third-order valence-electron chi connectivity index (χ3n) is 10.2. The van der Waals surface area contributed by atoms with Crippen LogP contribution in [-0.2, 0) is 28.6 Å². The van der Waals surface area contributed by atoms with Gasteiger partial charge in [0.15, 0.2) is 6.10 Å². The lowest BCUT2D eigenvalue weighted by atomic mass is 10.1. The second-order valence-corrected chi connectivity index (χ2v) is 16.7. The van der Waals surface area contributed by atoms with Gasteiger partial charge >= 0.3 is 17.9 Å². The summed E-state index contributed by atoms with van der Waals surface area (Å²) in [6.45, 7) is 6.18. The smallest absolute Gasteiger partial charge is 0.306 e. The van der Waals surface area contributed by atoms with E-state index in [1.54, 1.807) is 0 Å². The molecule has 0 aromatic carbocycles. The van der Waals surface area contributed by atoms with E-state index in [1.165, 1.54) is 0 Å². The van der Waals surface area contributed by atoms with Crippen molar-refractivity contribution in [3.05, 3.63) is 170 Å². The molecule has 0 rings (SSSR count). The highest BCUT2D eigenvalue weighted by molar-refractivity contribution is 5.71. The van der Waals surface area contributed by atoms with Crippen molar-refractivity contribution in [2.45, 2.75) is 194 Å². The molecule has 0 aromatic heterocycles. The molecule has 0 amide bonds. The van der Waals surface area contributed by atoms with Crippen LogP contribution in [0.15, 0.2) is 170 Å². The Labute approximate surface area is 422 Å². The molecule has 0 aliphatic carbocycles. The maximum Gasteiger partial charge on any atom is 0.306 e. The Balaban J connectivity index is 4.37. The lowest BCUT2D eigenvalue weighted by Crippen LogP contribution is -2.30. The summed E-state index contributed by atoms with van der Waals surface area (Å²) in [5.41, 5.74) is 0. The first-order chi connectivity index (χ1) is 34.0. The third kappa shape index (κ3) is 53.6. The fourth-order valence-electron chi connectivity index (χ4n) is 6.30. The lowest BCUT2D eigenvalue weighted by Gasteiger charge is -2.18. The van der Waals surface area contributed by atoms with Crippen LogP contribution < -0.4 is 0 Å². The van der Waals surface area contributed by atoms with Crippen LogP contribution in [0, 0.1) is 0 Å². The van der Waals surface area contributed by atoms with Gasteiger partial charge in [-0.05, 0) is 122 Å². The van der Waals surface area contributed by atoms with Crippen molar-refractivity contribution >= 4 is 17.9 Å². The molecule has 0 radical (unpaired) electrons. The van der Waals surface area contributed by atoms with Crippen molar-refractivity contribution in [2.24, 2.45) is 0 Å². The molecule has 1 atom stereocenters. The SMILES string of the molecule is CC/C=C\C/C=C\C/C=C\C/C=C\C/C=C\C/C=C\C/C=C\C/C=C\CCCCC(=O)OCC(COC(=O)CCCCCCC)OC(=O)CC/C=C\C/C=C\C/C=C\C/C=C\C/C=C\C/C=C\CC. The Bertz CT molecular complexity index is 1650. The molecule has 0 fully saturated rings. The van der Waals surface area contributed by atoms with Crippen LogP contribution >= 0.6 is 0 Å². The van der Waals surface area contributed by atoms with Crippen LogP contribution in [0.5, 0.6) is 0 Å². The molecule has 6 nitrogen and oxygen atoms in total. The summed E-state index contributed by atoms with van der Waals surface area (Å²) in [6, 6.07) is 0. The molecule has 6 heteroatoms. The zero-order chi connectivity index (χ0) is 50.0. The van der Waals surface area contributed by atoms with E-state index in [0.717, 1.165) is 135 Å². The van der Waals surface area contributed by atoms with Gasteiger partial charge in [0.1, 0.15) is 13.2 Å². The zero-order valence-electron chi connectivity index (χ0n) is 43.5. The largest absolute Gasteiger partial charge is 0.462 e. The van der Waals surface area contributed by atoms with Crippen molar-refractivity contribution in [2.75, 3.05) is 13.2 Å². The van der Waals surface area contributed by atoms with Crippen molar-refractivity contribution in [3.8, 4) is 0 Å². The molecule has 382 valence electrons. The number of hydrogen-bond acceptors (Lipinski definition) is 6. The van der Waals surface area contributed by atoms with E-state index in [4.69, 9.17) is 14.2 Å². The van der Waals surface area contributed by atoms with E-state index in [0.29, 0.717) is 19.3 Å². The summed E-state index contributed by atoms with van der Waals surface area (Å²) in [5.74, 6) is -1.09. The van der Waals surface area contributed by atoms with Gasteiger partial charge < -0.3 is 14.2 Å². The summed E-state index contributed by atoms with van der Waals surface area (Å²) in [7, 11) is 0. The van der Waals surface area contributed by atoms with Gasteiger partial charge in [-0.25, -0.2) is 0 Å². The average molecular weight is 947 g/mol. The fraction of sp³-hybridized carbons (Fsp3) is 0.508. The van der Waals surface area contributed by atoms with E-state index < -0.39 is 12.1 Å². The molecule has 1 unspecified atom stereocenters. The van der Waals surface area contributed by atoms with E-state index in [-0.39, 0.29) is 38.0 Å². The van der Waals surface area contributed by atoms with Crippen molar-refractivity contribution in [1.82, 2.24) is 0 Å². The van der Waals surface area contributed by atoms with Gasteiger partial charge in [-0.1, -0.05) is 217 Å². The van der Waals surface area contributed by atoms with Gasteiger partial charge in [0.2, 0.25) is 0 Å². The van der Waals surface area contributed by atoms with Crippen LogP contribution in [0.2, 0.25) is 0 Å². The molecular weight excluding hydrogens is 853 g/mol. The molecule has 0 aliphatic rings. The van der Waals surface area contributed by atoms with Gasteiger partial charge in [-0.2, -0.15) is 0 Å². The van der Waals surface area contributed by atoms with E-state index >= 15 is 0 Å². The average Bonchev–Trinajstić information content (AvgIpc) is 3.35. The maximum absolute atomic E-state index is 12.7. The Morgan fingerprint density at radius 1 is 0.304 bits per heavy atom. The van der Waals surface area contributed by atoms with Crippen molar-refractivity contribution in [3.63, 3.8) is 0 Å². The number of carbonyl (C=O) groups is 3. The molecule has 0 bridgehead atoms. The van der Waals surface area contributed by atoms with Gasteiger partial charge in [0, 0.05) is 19.3 Å². The number of esters is 3. The molecule has 0 spiro atoms. The highest BCUT2D eigenvalue weighted by atomic mass is 16.6. The predicted molar refractivity (Wildman–Crippen MR) is 297 cm³/mol. The Kier molecular flexibility index (Phi) is 51.2. The van der Waals surface area contributed by atoms with E-state index in [1.807, 2.05) is 12.2 Å². The standard InChI is InChI=1S/C63H94O6/c1-4-7-10-13-15-17-19-21-23-25-27-28-29-30-31-32-33-34-36-37-39-41-43-45-47-50-53-56-62(65)68-59-60(58-67-61(64)55-52-49-12-9-6-3)69-63(66)57-54-51-48-46-44-42-40-38-35-26-24-22-20-18-16-14-11-8-5-2/h7-8,10-11,15-18,21-24,27-28,30-31,33-35,37-39,42-45,48,51,60H,4-6,9,12-14,19-20,25-26,29,32,36,40-41,46-47,49-50,52-59H2,1-3H3/b10-7-,11-8-,17-15-,18-16-,23-21-,24-22-,28-27-,31-30-,34-33-,38-35-,39-37-,44-42-,45-43-,51-48-. The van der Waals surface area contributed by atoms with Crippen molar-refractivity contribution < 1.29 is 28.6 Å². The first-order valence-corrected chi connectivity index (χ1v) is 26.6. The number of carbonyl (C=O) groups excluding carboxylic acids is 3. The summed E-state index contributed by atoms with van der Waals surface area (Å²) in [4.78, 5) is 37.7. The van der Waals surface area contributed by atoms with Gasteiger partial charge in [-0.15, -0.1) is 0 Å². The van der Waals surface area contributed by atoms with Crippen LogP contribution in [0.1, 0.15) is 188 Å². The van der Waals surface area contributed by atoms with E-state index in [9.17, 15) is 14.4 Å². The molecule has 0 N–H and O–H groups in total. The molecule has 0 aromatic rings. The second kappa shape index (κ2) is 55.4. The highest BCUT2D eigenvalue weighted by Gasteiger charge is 2.19. The Morgan fingerprint density at radius 3 is 0.928 bits per heavy atom. The summed E-state index contributed by atoms with van der Waals surface area (Å²) in [5, 5.41) is 0. The molecule has 0 heterocycles. The minimum Gasteiger partial charge on any atom is -0.462 e. The van der Waals surface area contributed by atoms with Gasteiger partial charge in [0.25, 0.3) is 0 Å². The first-order valence-electron chi connectivity index (χ1n) is 26.6. The number of ether oxygens (including phenoxy) is 3. The minimum absolute atomic E-state index is 0.132. The predicted octanol–water partition coefficient (Wildman–Crippen LogP) is 18.0. The number of hydrogen-bond donors (Lipinski definition) is 0. The summed E-state index contributed by atoms with van der Waals surface area (Å²) in [6.07, 6.45) is 82.5. The molecule has 0 aliphatic heterocycles. The molecule has 69 heavy (non-hydrogen) atoms. The fourth-order valence-corrected chi connectivity index (χ4v) is 6.30. The summed E-state index contributed by atoms with van der Waals surface area (Å²) < 4.78 is 16.5. The molecule has 0 saturated carbocycles. The number of unbranched alkanes of at least 4 members (excludes halogenated alkanes) is 6. The second-order valence-electron chi connectivity index (χ2n) is 16.7. The minimum atomic E-state index is -0.842. The van der Waals surface area contributed by atoms with Gasteiger partial charge in [-0.3, -0.25) is 14.4 Å². The third-order valence-corrected chi connectivity index (χ3v) is 10.2. The first kappa shape index (κ1) is 63.8. The quantitative estimate of drug-likeness (QED) is 0.0262. The summed E-state index contributed by atoms with van der Waals surface area (Å²) >= 11 is 0. The lowest BCUT2D eigenvalue weighted by molar-refractivity contribution is -0.166. The highest BCUT2D eigenvalue weighted by Crippen LogP contribution is 2.09. The maximum atomic E-state index is 12.7. The van der Waals surface area contributed by atoms with Crippen molar-refractivity contribution in [1.29, 1.82) is 0 Å². The number of allylic oxidation sites excluding steroid dienone is 28. The zero-order valence-corrected chi connectivity index (χ0v) is 43.5. The van der Waals surface area contributed by atoms with Gasteiger partial charge in [0.05, 0.1) is 0 Å². The van der Waals surface area contributed by atoms with Crippen LogP contribution in [0.4, 0.5) is 0 Å². The normalized spacial score (nSPS) is 13.5. The monoisotopic (exact) mass is 947 g/mol. The topological polar surface area (TPSA) is 78.9 Å². The van der Waals surface area contributed by atoms with E-state index in [2.05, 4.69) is 179 Å².